The highest BCUT2D eigenvalue weighted by Gasteiger charge is 2.58. The fourth-order valence-corrected chi connectivity index (χ4v) is 4.47. The molecule has 3 atom stereocenters. The maximum Gasteiger partial charge on any atom is 0.188 e. The van der Waals surface area contributed by atoms with Gasteiger partial charge in [-0.25, -0.2) is 0 Å². The van der Waals surface area contributed by atoms with Crippen molar-refractivity contribution < 1.29 is 28.8 Å². The van der Waals surface area contributed by atoms with E-state index >= 15 is 0 Å². The molecule has 1 aromatic carbocycles. The molecule has 144 valence electrons. The number of methoxy groups -OCH3 is 2. The summed E-state index contributed by atoms with van der Waals surface area (Å²) >= 11 is 0. The maximum absolute atomic E-state index is 12.4. The predicted molar refractivity (Wildman–Crippen MR) is 95.3 cm³/mol. The first-order valence-electron chi connectivity index (χ1n) is 8.89. The number of ketones is 1. The van der Waals surface area contributed by atoms with Gasteiger partial charge in [-0.3, -0.25) is 4.79 Å². The molecule has 1 fully saturated rings. The minimum absolute atomic E-state index is 0.00303. The molecule has 1 aliphatic carbocycles. The van der Waals surface area contributed by atoms with Crippen molar-refractivity contribution in [1.82, 2.24) is 0 Å². The number of hydrogen-bond donors (Lipinski definition) is 1. The number of benzene rings is 1. The van der Waals surface area contributed by atoms with Crippen molar-refractivity contribution in [1.29, 1.82) is 0 Å². The SMILES string of the molecule is COCOc1cc(COC)cc2c1O[C@]1(C)CC(=O)[C@@H](O)C(C)(C)[C@H]1C2. The number of rotatable bonds is 5. The summed E-state index contributed by atoms with van der Waals surface area (Å²) in [5, 5.41) is 10.5. The second-order valence-corrected chi connectivity index (χ2v) is 8.10. The Morgan fingerprint density at radius 1 is 1.23 bits per heavy atom. The van der Waals surface area contributed by atoms with E-state index in [9.17, 15) is 9.90 Å². The third-order valence-electron chi connectivity index (χ3n) is 5.76. The van der Waals surface area contributed by atoms with Crippen molar-refractivity contribution in [2.24, 2.45) is 11.3 Å². The van der Waals surface area contributed by atoms with Gasteiger partial charge < -0.3 is 24.1 Å². The third-order valence-corrected chi connectivity index (χ3v) is 5.76. The van der Waals surface area contributed by atoms with Crippen LogP contribution in [-0.2, 0) is 27.3 Å². The van der Waals surface area contributed by atoms with Gasteiger partial charge in [0, 0.05) is 32.0 Å². The summed E-state index contributed by atoms with van der Waals surface area (Å²) in [6.07, 6.45) is -0.0907. The quantitative estimate of drug-likeness (QED) is 0.809. The number of aliphatic hydroxyl groups is 1. The molecule has 0 saturated heterocycles. The van der Waals surface area contributed by atoms with Gasteiger partial charge in [0.25, 0.3) is 0 Å². The van der Waals surface area contributed by atoms with E-state index in [1.54, 1.807) is 14.2 Å². The highest BCUT2D eigenvalue weighted by molar-refractivity contribution is 5.86. The molecule has 1 saturated carbocycles. The Labute approximate surface area is 154 Å². The molecule has 1 N–H and O–H groups in total. The highest BCUT2D eigenvalue weighted by Crippen LogP contribution is 2.54. The van der Waals surface area contributed by atoms with Crippen molar-refractivity contribution in [3.63, 3.8) is 0 Å². The minimum Gasteiger partial charge on any atom is -0.483 e. The molecule has 0 aromatic heterocycles. The lowest BCUT2D eigenvalue weighted by Crippen LogP contribution is -2.62. The smallest absolute Gasteiger partial charge is 0.188 e. The lowest BCUT2D eigenvalue weighted by Gasteiger charge is -2.54. The molecule has 0 unspecified atom stereocenters. The summed E-state index contributed by atoms with van der Waals surface area (Å²) in [4.78, 5) is 12.4. The number of carbonyl (C=O) groups excluding carboxylic acids is 1. The predicted octanol–water partition coefficient (Wildman–Crippen LogP) is 2.49. The van der Waals surface area contributed by atoms with Crippen LogP contribution in [0.1, 0.15) is 38.3 Å². The van der Waals surface area contributed by atoms with Crippen molar-refractivity contribution in [2.75, 3.05) is 21.0 Å². The molecule has 0 amide bonds. The first kappa shape index (κ1) is 19.1. The Kier molecular flexibility index (Phi) is 5.03. The molecular formula is C20H28O6. The molecule has 3 rings (SSSR count). The third kappa shape index (κ3) is 3.10. The fourth-order valence-electron chi connectivity index (χ4n) is 4.47. The zero-order chi connectivity index (χ0) is 19.1. The van der Waals surface area contributed by atoms with Gasteiger partial charge in [-0.2, -0.15) is 0 Å². The standard InChI is InChI=1S/C20H28O6/c1-19(2)16-8-13-6-12(10-23-4)7-15(25-11-24-5)17(13)26-20(16,3)9-14(21)18(19)22/h6-7,16,18,22H,8-11H2,1-5H3/t16-,18-,20-/m1/s1. The Morgan fingerprint density at radius 2 is 1.96 bits per heavy atom. The van der Waals surface area contributed by atoms with Crippen LogP contribution in [0.15, 0.2) is 12.1 Å². The summed E-state index contributed by atoms with van der Waals surface area (Å²) in [6, 6.07) is 3.94. The number of ether oxygens (including phenoxy) is 4. The van der Waals surface area contributed by atoms with E-state index in [2.05, 4.69) is 6.07 Å². The number of aliphatic hydroxyl groups excluding tert-OH is 1. The number of hydrogen-bond acceptors (Lipinski definition) is 6. The van der Waals surface area contributed by atoms with Crippen LogP contribution < -0.4 is 9.47 Å². The van der Waals surface area contributed by atoms with Gasteiger partial charge in [0.2, 0.25) is 0 Å². The maximum atomic E-state index is 12.4. The summed E-state index contributed by atoms with van der Waals surface area (Å²) in [5.41, 5.74) is 0.727. The van der Waals surface area contributed by atoms with Gasteiger partial charge in [-0.15, -0.1) is 0 Å². The molecule has 26 heavy (non-hydrogen) atoms. The number of carbonyl (C=O) groups is 1. The first-order chi connectivity index (χ1) is 12.2. The van der Waals surface area contributed by atoms with Gasteiger partial charge in [-0.05, 0) is 36.6 Å². The fraction of sp³-hybridized carbons (Fsp3) is 0.650. The van der Waals surface area contributed by atoms with Gasteiger partial charge in [0.1, 0.15) is 11.7 Å². The normalized spacial score (nSPS) is 29.5. The van der Waals surface area contributed by atoms with E-state index in [1.165, 1.54) is 0 Å². The van der Waals surface area contributed by atoms with Gasteiger partial charge >= 0.3 is 0 Å². The van der Waals surface area contributed by atoms with Crippen LogP contribution in [0.2, 0.25) is 0 Å². The first-order valence-corrected chi connectivity index (χ1v) is 8.89. The van der Waals surface area contributed by atoms with Crippen molar-refractivity contribution >= 4 is 5.78 Å². The van der Waals surface area contributed by atoms with Crippen molar-refractivity contribution in [3.8, 4) is 11.5 Å². The Balaban J connectivity index is 2.06. The monoisotopic (exact) mass is 364 g/mol. The molecule has 6 heteroatoms. The Bertz CT molecular complexity index is 698. The van der Waals surface area contributed by atoms with Crippen LogP contribution in [-0.4, -0.2) is 43.6 Å². The lowest BCUT2D eigenvalue weighted by atomic mass is 9.57. The van der Waals surface area contributed by atoms with Crippen LogP contribution in [0.3, 0.4) is 0 Å². The summed E-state index contributed by atoms with van der Waals surface area (Å²) in [7, 11) is 3.21. The zero-order valence-corrected chi connectivity index (χ0v) is 16.1. The summed E-state index contributed by atoms with van der Waals surface area (Å²) in [6.45, 7) is 6.40. The topological polar surface area (TPSA) is 74.2 Å². The van der Waals surface area contributed by atoms with Gasteiger partial charge in [0.15, 0.2) is 24.1 Å². The minimum atomic E-state index is -0.975. The number of Topliss-reactive ketones (excluding diaryl/α,β-unsaturated/α-hetero) is 1. The average molecular weight is 364 g/mol. The van der Waals surface area contributed by atoms with E-state index in [0.717, 1.165) is 11.1 Å². The van der Waals surface area contributed by atoms with Crippen LogP contribution in [0.4, 0.5) is 0 Å². The number of fused-ring (bicyclic) bond motifs is 2. The highest BCUT2D eigenvalue weighted by atomic mass is 16.7. The lowest BCUT2D eigenvalue weighted by molar-refractivity contribution is -0.166. The average Bonchev–Trinajstić information content (AvgIpc) is 2.57. The molecular weight excluding hydrogens is 336 g/mol. The molecule has 0 spiro atoms. The van der Waals surface area contributed by atoms with Crippen LogP contribution in [0.5, 0.6) is 11.5 Å². The van der Waals surface area contributed by atoms with E-state index < -0.39 is 17.1 Å². The Morgan fingerprint density at radius 3 is 2.62 bits per heavy atom. The van der Waals surface area contributed by atoms with Gasteiger partial charge in [0.05, 0.1) is 6.61 Å². The van der Waals surface area contributed by atoms with E-state index in [-0.39, 0.29) is 24.9 Å². The van der Waals surface area contributed by atoms with E-state index in [0.29, 0.717) is 24.5 Å². The van der Waals surface area contributed by atoms with Crippen LogP contribution >= 0.6 is 0 Å². The van der Waals surface area contributed by atoms with Gasteiger partial charge in [-0.1, -0.05) is 13.8 Å². The van der Waals surface area contributed by atoms with Crippen LogP contribution in [0.25, 0.3) is 0 Å². The molecule has 0 radical (unpaired) electrons. The second-order valence-electron chi connectivity index (χ2n) is 8.10. The second kappa shape index (κ2) is 6.83. The molecule has 1 aromatic rings. The van der Waals surface area contributed by atoms with Crippen molar-refractivity contribution in [2.45, 2.75) is 51.9 Å². The molecule has 1 aliphatic heterocycles. The molecule has 6 nitrogen and oxygen atoms in total. The molecule has 1 heterocycles. The van der Waals surface area contributed by atoms with Crippen LogP contribution in [0, 0.1) is 11.3 Å². The largest absolute Gasteiger partial charge is 0.483 e. The molecule has 2 aliphatic rings. The summed E-state index contributed by atoms with van der Waals surface area (Å²) in [5.74, 6) is 1.07. The Hall–Kier alpha value is -1.63. The van der Waals surface area contributed by atoms with E-state index in [1.807, 2.05) is 26.8 Å². The zero-order valence-electron chi connectivity index (χ0n) is 16.1. The summed E-state index contributed by atoms with van der Waals surface area (Å²) < 4.78 is 22.4. The molecule has 0 bridgehead atoms. The van der Waals surface area contributed by atoms with E-state index in [4.69, 9.17) is 18.9 Å². The van der Waals surface area contributed by atoms with Crippen molar-refractivity contribution in [3.05, 3.63) is 23.3 Å².